The van der Waals surface area contributed by atoms with Crippen LogP contribution in [0.1, 0.15) is 58.2 Å². The Labute approximate surface area is 236 Å². The maximum Gasteiger partial charge on any atom is 0.231 e. The van der Waals surface area contributed by atoms with Crippen molar-refractivity contribution in [3.8, 4) is 17.1 Å². The van der Waals surface area contributed by atoms with Gasteiger partial charge >= 0.3 is 0 Å². The molecule has 39 heavy (non-hydrogen) atoms. The summed E-state index contributed by atoms with van der Waals surface area (Å²) in [6.07, 6.45) is 1.61. The zero-order chi connectivity index (χ0) is 29.1. The third-order valence-corrected chi connectivity index (χ3v) is 7.50. The van der Waals surface area contributed by atoms with E-state index in [2.05, 4.69) is 0 Å². The molecule has 0 bridgehead atoms. The summed E-state index contributed by atoms with van der Waals surface area (Å²) in [5.74, 6) is 1.30. The lowest BCUT2D eigenvalue weighted by atomic mass is 9.76. The summed E-state index contributed by atoms with van der Waals surface area (Å²) in [5.41, 5.74) is 7.95. The summed E-state index contributed by atoms with van der Waals surface area (Å²) in [4.78, 5) is 38.9. The Hall–Kier alpha value is -3.17. The molecule has 1 atom stereocenters. The van der Waals surface area contributed by atoms with Crippen LogP contribution in [0.5, 0.6) is 5.75 Å². The van der Waals surface area contributed by atoms with Crippen molar-refractivity contribution in [3.63, 3.8) is 0 Å². The van der Waals surface area contributed by atoms with Crippen LogP contribution >= 0.6 is 11.6 Å². The number of Topliss-reactive ketones (excluding diaryl/α,β-unsaturated/α-hetero) is 1. The number of ether oxygens (including phenoxy) is 1. The topological polar surface area (TPSA) is 122 Å². The maximum absolute atomic E-state index is 13.0. The molecule has 0 radical (unpaired) electrons. The third kappa shape index (κ3) is 6.36. The SMILES string of the molecule is CCC[C@@H](O)COc1ccc(Cl)c(-c2nc(C(C(C)=O)=C(C)N)c(C)c(N3CC(CC)(C(=O)N(C)C)C3)n2)c1. The first kappa shape index (κ1) is 30.4. The number of nitrogens with zero attached hydrogens (tertiary/aromatic N) is 4. The monoisotopic (exact) mass is 557 g/mol. The summed E-state index contributed by atoms with van der Waals surface area (Å²) >= 11 is 6.61. The Morgan fingerprint density at radius 1 is 1.23 bits per heavy atom. The molecule has 1 amide bonds. The average Bonchev–Trinajstić information content (AvgIpc) is 2.84. The van der Waals surface area contributed by atoms with Crippen LogP contribution in [0, 0.1) is 12.3 Å². The molecule has 1 saturated heterocycles. The third-order valence-electron chi connectivity index (χ3n) is 7.17. The second-order valence-corrected chi connectivity index (χ2v) is 11.0. The van der Waals surface area contributed by atoms with E-state index in [1.807, 2.05) is 25.7 Å². The van der Waals surface area contributed by atoms with Crippen molar-refractivity contribution in [2.75, 3.05) is 38.7 Å². The fraction of sp³-hybridized carbons (Fsp3) is 0.517. The van der Waals surface area contributed by atoms with Crippen LogP contribution < -0.4 is 15.4 Å². The number of halogens is 1. The highest BCUT2D eigenvalue weighted by molar-refractivity contribution is 6.33. The highest BCUT2D eigenvalue weighted by Gasteiger charge is 2.49. The zero-order valence-electron chi connectivity index (χ0n) is 24.0. The summed E-state index contributed by atoms with van der Waals surface area (Å²) in [6, 6.07) is 5.15. The quantitative estimate of drug-likeness (QED) is 0.394. The Bertz CT molecular complexity index is 1270. The molecule has 3 N–H and O–H groups in total. The van der Waals surface area contributed by atoms with Gasteiger partial charge in [-0.2, -0.15) is 0 Å². The molecule has 1 aliphatic heterocycles. The van der Waals surface area contributed by atoms with Gasteiger partial charge < -0.3 is 25.4 Å². The number of nitrogens with two attached hydrogens (primary N) is 1. The van der Waals surface area contributed by atoms with E-state index in [0.29, 0.717) is 76.4 Å². The Morgan fingerprint density at radius 2 is 1.90 bits per heavy atom. The van der Waals surface area contributed by atoms with Gasteiger partial charge in [0.1, 0.15) is 18.2 Å². The van der Waals surface area contributed by atoms with E-state index >= 15 is 0 Å². The number of aromatic nitrogens is 2. The van der Waals surface area contributed by atoms with Gasteiger partial charge in [-0.3, -0.25) is 9.59 Å². The molecule has 1 aromatic heterocycles. The first-order chi connectivity index (χ1) is 18.3. The molecule has 2 heterocycles. The fourth-order valence-electron chi connectivity index (χ4n) is 5.00. The van der Waals surface area contributed by atoms with E-state index in [1.165, 1.54) is 6.92 Å². The first-order valence-electron chi connectivity index (χ1n) is 13.3. The molecule has 3 rings (SSSR count). The van der Waals surface area contributed by atoms with Crippen molar-refractivity contribution in [2.24, 2.45) is 11.1 Å². The number of aliphatic hydroxyl groups is 1. The van der Waals surface area contributed by atoms with Crippen molar-refractivity contribution in [3.05, 3.63) is 40.2 Å². The summed E-state index contributed by atoms with van der Waals surface area (Å²) in [5, 5.41) is 10.5. The molecule has 0 saturated carbocycles. The first-order valence-corrected chi connectivity index (χ1v) is 13.7. The van der Waals surface area contributed by atoms with Gasteiger partial charge in [0.05, 0.1) is 27.8 Å². The van der Waals surface area contributed by atoms with E-state index in [1.54, 1.807) is 44.1 Å². The Balaban J connectivity index is 2.12. The largest absolute Gasteiger partial charge is 0.491 e. The number of hydrogen-bond donors (Lipinski definition) is 2. The van der Waals surface area contributed by atoms with Crippen LogP contribution in [-0.4, -0.2) is 71.6 Å². The number of carbonyl (C=O) groups excluding carboxylic acids is 2. The zero-order valence-corrected chi connectivity index (χ0v) is 24.7. The van der Waals surface area contributed by atoms with E-state index < -0.39 is 11.5 Å². The molecule has 9 nitrogen and oxygen atoms in total. The van der Waals surface area contributed by atoms with Crippen LogP contribution in [0.3, 0.4) is 0 Å². The number of hydrogen-bond acceptors (Lipinski definition) is 8. The van der Waals surface area contributed by atoms with Gasteiger partial charge in [0, 0.05) is 44.0 Å². The molecule has 10 heteroatoms. The predicted octanol–water partition coefficient (Wildman–Crippen LogP) is 4.23. The van der Waals surface area contributed by atoms with E-state index in [9.17, 15) is 14.7 Å². The van der Waals surface area contributed by atoms with Crippen molar-refractivity contribution in [1.82, 2.24) is 14.9 Å². The van der Waals surface area contributed by atoms with Crippen LogP contribution in [0.25, 0.3) is 17.0 Å². The Kier molecular flexibility index (Phi) is 9.61. The molecule has 1 aliphatic rings. The number of benzene rings is 1. The highest BCUT2D eigenvalue weighted by atomic mass is 35.5. The molecular weight excluding hydrogens is 518 g/mol. The second kappa shape index (κ2) is 12.3. The van der Waals surface area contributed by atoms with Gasteiger partial charge in [0.25, 0.3) is 0 Å². The maximum atomic E-state index is 13.0. The van der Waals surface area contributed by atoms with E-state index in [-0.39, 0.29) is 18.3 Å². The lowest BCUT2D eigenvalue weighted by molar-refractivity contribution is -0.141. The van der Waals surface area contributed by atoms with Crippen LogP contribution in [0.15, 0.2) is 23.9 Å². The van der Waals surface area contributed by atoms with E-state index in [4.69, 9.17) is 32.0 Å². The van der Waals surface area contributed by atoms with Crippen molar-refractivity contribution in [2.45, 2.75) is 60.0 Å². The van der Waals surface area contributed by atoms with Crippen LogP contribution in [-0.2, 0) is 9.59 Å². The van der Waals surface area contributed by atoms with Gasteiger partial charge in [-0.1, -0.05) is 31.9 Å². The molecule has 1 fully saturated rings. The number of amides is 1. The minimum absolute atomic E-state index is 0.0775. The normalized spacial score (nSPS) is 15.8. The van der Waals surface area contributed by atoms with Crippen molar-refractivity contribution < 1.29 is 19.4 Å². The smallest absolute Gasteiger partial charge is 0.231 e. The molecule has 2 aromatic rings. The molecule has 1 aromatic carbocycles. The van der Waals surface area contributed by atoms with Gasteiger partial charge in [-0.05, 0) is 51.8 Å². The lowest BCUT2D eigenvalue weighted by Crippen LogP contribution is -2.63. The average molecular weight is 558 g/mol. The highest BCUT2D eigenvalue weighted by Crippen LogP contribution is 2.41. The van der Waals surface area contributed by atoms with Gasteiger partial charge in [0.2, 0.25) is 5.91 Å². The predicted molar refractivity (Wildman–Crippen MR) is 155 cm³/mol. The second-order valence-electron chi connectivity index (χ2n) is 10.5. The van der Waals surface area contributed by atoms with Gasteiger partial charge in [-0.25, -0.2) is 9.97 Å². The fourth-order valence-corrected chi connectivity index (χ4v) is 5.20. The number of anilines is 1. The molecule has 212 valence electrons. The Morgan fingerprint density at radius 3 is 2.44 bits per heavy atom. The molecule has 0 unspecified atom stereocenters. The summed E-state index contributed by atoms with van der Waals surface area (Å²) in [6.45, 7) is 10.1. The number of carbonyl (C=O) groups is 2. The minimum Gasteiger partial charge on any atom is -0.491 e. The standard InChI is InChI=1S/C29H40ClN5O4/c1-8-10-20(37)14-39-21-11-12-23(30)22(13-21)26-32-25(24(18(4)31)19(5)36)17(3)27(33-26)35-15-29(9-2,16-35)28(38)34(6)7/h11-13,20,37H,8-10,14-16,31H2,1-7H3/t20-/m1/s1. The van der Waals surface area contributed by atoms with Gasteiger partial charge in [-0.15, -0.1) is 0 Å². The molecular formula is C29H40ClN5O4. The van der Waals surface area contributed by atoms with Gasteiger partial charge in [0.15, 0.2) is 11.6 Å². The van der Waals surface area contributed by atoms with Crippen LogP contribution in [0.2, 0.25) is 5.02 Å². The van der Waals surface area contributed by atoms with E-state index in [0.717, 1.165) is 6.42 Å². The minimum atomic E-state index is -0.575. The number of allylic oxidation sites excluding steroid dienone is 2. The number of rotatable bonds is 11. The van der Waals surface area contributed by atoms with Crippen molar-refractivity contribution in [1.29, 1.82) is 0 Å². The summed E-state index contributed by atoms with van der Waals surface area (Å²) in [7, 11) is 3.53. The summed E-state index contributed by atoms with van der Waals surface area (Å²) < 4.78 is 5.82. The number of aliphatic hydroxyl groups excluding tert-OH is 1. The molecule has 0 aliphatic carbocycles. The lowest BCUT2D eigenvalue weighted by Gasteiger charge is -2.50. The van der Waals surface area contributed by atoms with Crippen molar-refractivity contribution >= 4 is 34.7 Å². The molecule has 0 spiro atoms. The van der Waals surface area contributed by atoms with Crippen LogP contribution in [0.4, 0.5) is 5.82 Å². The number of ketones is 1.